The zero-order valence-corrected chi connectivity index (χ0v) is 12.4. The van der Waals surface area contributed by atoms with Gasteiger partial charge in [0.1, 0.15) is 5.82 Å². The molecule has 2 aromatic rings. The molecule has 0 saturated carbocycles. The van der Waals surface area contributed by atoms with Gasteiger partial charge in [-0.2, -0.15) is 0 Å². The molecule has 1 unspecified atom stereocenters. The molecule has 0 aliphatic carbocycles. The molecule has 0 fully saturated rings. The lowest BCUT2D eigenvalue weighted by molar-refractivity contribution is 0.513. The number of halogens is 3. The first-order valence-electron chi connectivity index (χ1n) is 5.26. The predicted molar refractivity (Wildman–Crippen MR) is 77.2 cm³/mol. The van der Waals surface area contributed by atoms with Gasteiger partial charge >= 0.3 is 0 Å². The summed E-state index contributed by atoms with van der Waals surface area (Å²) in [4.78, 5) is 1.12. The number of hydrogen-bond acceptors (Lipinski definition) is 3. The van der Waals surface area contributed by atoms with Crippen molar-refractivity contribution in [2.24, 2.45) is 5.84 Å². The summed E-state index contributed by atoms with van der Waals surface area (Å²) < 4.78 is 15.0. The van der Waals surface area contributed by atoms with Gasteiger partial charge in [-0.25, -0.2) is 4.39 Å². The molecule has 6 heteroatoms. The first-order chi connectivity index (χ1) is 8.61. The van der Waals surface area contributed by atoms with E-state index in [0.717, 1.165) is 8.66 Å². The van der Waals surface area contributed by atoms with E-state index in [9.17, 15) is 4.39 Å². The monoisotopic (exact) mass is 348 g/mol. The van der Waals surface area contributed by atoms with E-state index in [1.165, 1.54) is 6.07 Å². The van der Waals surface area contributed by atoms with E-state index in [0.29, 0.717) is 12.0 Å². The van der Waals surface area contributed by atoms with Crippen molar-refractivity contribution in [2.45, 2.75) is 12.5 Å². The van der Waals surface area contributed by atoms with Gasteiger partial charge in [0, 0.05) is 16.9 Å². The lowest BCUT2D eigenvalue weighted by Gasteiger charge is -2.16. The summed E-state index contributed by atoms with van der Waals surface area (Å²) in [6, 6.07) is 8.58. The molecule has 1 atom stereocenters. The molecule has 0 amide bonds. The largest absolute Gasteiger partial charge is 0.271 e. The standard InChI is InChI=1S/C12H11BrClFN2S/c13-11-5-4-7(18-11)6-10(17-16)8-2-1-3-9(14)12(8)15/h1-5,10,17H,6,16H2. The fourth-order valence-corrected chi connectivity index (χ4v) is 3.42. The second kappa shape index (κ2) is 6.12. The molecule has 18 heavy (non-hydrogen) atoms. The highest BCUT2D eigenvalue weighted by molar-refractivity contribution is 9.11. The summed E-state index contributed by atoms with van der Waals surface area (Å²) in [5.41, 5.74) is 3.12. The number of nitrogens with one attached hydrogen (secondary N) is 1. The number of hydrogen-bond donors (Lipinski definition) is 2. The maximum atomic E-state index is 13.9. The number of nitrogens with two attached hydrogens (primary N) is 1. The van der Waals surface area contributed by atoms with E-state index in [1.54, 1.807) is 23.5 Å². The quantitative estimate of drug-likeness (QED) is 0.645. The minimum Gasteiger partial charge on any atom is -0.271 e. The zero-order valence-electron chi connectivity index (χ0n) is 9.29. The third kappa shape index (κ3) is 3.10. The van der Waals surface area contributed by atoms with Crippen LogP contribution in [-0.4, -0.2) is 0 Å². The average Bonchev–Trinajstić information content (AvgIpc) is 2.76. The maximum Gasteiger partial charge on any atom is 0.146 e. The molecule has 1 heterocycles. The molecule has 0 aliphatic rings. The predicted octanol–water partition coefficient (Wildman–Crippen LogP) is 4.05. The molecular weight excluding hydrogens is 339 g/mol. The molecule has 0 spiro atoms. The third-order valence-electron chi connectivity index (χ3n) is 2.59. The van der Waals surface area contributed by atoms with Crippen molar-refractivity contribution in [1.29, 1.82) is 0 Å². The molecule has 0 aliphatic heterocycles. The Balaban J connectivity index is 2.25. The van der Waals surface area contributed by atoms with Crippen molar-refractivity contribution in [2.75, 3.05) is 0 Å². The molecule has 1 aromatic carbocycles. The molecule has 3 N–H and O–H groups in total. The van der Waals surface area contributed by atoms with Crippen LogP contribution in [-0.2, 0) is 6.42 Å². The first-order valence-corrected chi connectivity index (χ1v) is 7.25. The van der Waals surface area contributed by atoms with Gasteiger partial charge in [0.25, 0.3) is 0 Å². The molecular formula is C12H11BrClFN2S. The second-order valence-corrected chi connectivity index (χ2v) is 6.73. The number of rotatable bonds is 4. The molecule has 0 saturated heterocycles. The van der Waals surface area contributed by atoms with Crippen molar-refractivity contribution in [3.63, 3.8) is 0 Å². The van der Waals surface area contributed by atoms with E-state index in [-0.39, 0.29) is 11.1 Å². The fourth-order valence-electron chi connectivity index (χ4n) is 1.71. The van der Waals surface area contributed by atoms with Gasteiger partial charge < -0.3 is 0 Å². The van der Waals surface area contributed by atoms with Gasteiger partial charge in [0.05, 0.1) is 14.9 Å². The Morgan fingerprint density at radius 2 is 2.17 bits per heavy atom. The molecule has 1 aromatic heterocycles. The van der Waals surface area contributed by atoms with Crippen molar-refractivity contribution in [1.82, 2.24) is 5.43 Å². The summed E-state index contributed by atoms with van der Waals surface area (Å²) in [5, 5.41) is 0.111. The normalized spacial score (nSPS) is 12.7. The maximum absolute atomic E-state index is 13.9. The Morgan fingerprint density at radius 1 is 1.39 bits per heavy atom. The van der Waals surface area contributed by atoms with Crippen molar-refractivity contribution in [3.8, 4) is 0 Å². The van der Waals surface area contributed by atoms with Gasteiger partial charge in [-0.05, 0) is 34.1 Å². The van der Waals surface area contributed by atoms with Crippen LogP contribution in [0.1, 0.15) is 16.5 Å². The highest BCUT2D eigenvalue weighted by Crippen LogP contribution is 2.29. The van der Waals surface area contributed by atoms with Gasteiger partial charge in [-0.15, -0.1) is 11.3 Å². The Morgan fingerprint density at radius 3 is 2.78 bits per heavy atom. The fraction of sp³-hybridized carbons (Fsp3) is 0.167. The van der Waals surface area contributed by atoms with E-state index < -0.39 is 5.82 Å². The zero-order chi connectivity index (χ0) is 13.1. The Labute approximate surface area is 122 Å². The number of thiophene rings is 1. The van der Waals surface area contributed by atoms with Crippen LogP contribution < -0.4 is 11.3 Å². The van der Waals surface area contributed by atoms with Crippen LogP contribution >= 0.6 is 38.9 Å². The lowest BCUT2D eigenvalue weighted by atomic mass is 10.0. The van der Waals surface area contributed by atoms with Gasteiger partial charge in [0.15, 0.2) is 0 Å². The van der Waals surface area contributed by atoms with E-state index in [4.69, 9.17) is 17.4 Å². The Bertz CT molecular complexity index is 547. The van der Waals surface area contributed by atoms with Crippen LogP contribution in [0.4, 0.5) is 4.39 Å². The van der Waals surface area contributed by atoms with Crippen molar-refractivity contribution < 1.29 is 4.39 Å². The van der Waals surface area contributed by atoms with Crippen molar-refractivity contribution >= 4 is 38.9 Å². The topological polar surface area (TPSA) is 38.0 Å². The lowest BCUT2D eigenvalue weighted by Crippen LogP contribution is -2.30. The smallest absolute Gasteiger partial charge is 0.146 e. The SMILES string of the molecule is NNC(Cc1ccc(Br)s1)c1cccc(Cl)c1F. The van der Waals surface area contributed by atoms with E-state index >= 15 is 0 Å². The minimum absolute atomic E-state index is 0.111. The van der Waals surface area contributed by atoms with Crippen LogP contribution in [0.15, 0.2) is 34.1 Å². The summed E-state index contributed by atoms with van der Waals surface area (Å²) in [5.74, 6) is 5.09. The average molecular weight is 350 g/mol. The molecule has 0 bridgehead atoms. The minimum atomic E-state index is -0.419. The number of benzene rings is 1. The Kier molecular flexibility index (Phi) is 4.75. The summed E-state index contributed by atoms with van der Waals surface area (Å²) in [6.07, 6.45) is 0.615. The summed E-state index contributed by atoms with van der Waals surface area (Å²) in [7, 11) is 0. The van der Waals surface area contributed by atoms with Crippen LogP contribution in [0.3, 0.4) is 0 Å². The van der Waals surface area contributed by atoms with E-state index in [1.807, 2.05) is 12.1 Å². The van der Waals surface area contributed by atoms with Crippen LogP contribution in [0.5, 0.6) is 0 Å². The Hall–Kier alpha value is -0.460. The third-order valence-corrected chi connectivity index (χ3v) is 4.53. The first kappa shape index (κ1) is 14.0. The van der Waals surface area contributed by atoms with Crippen LogP contribution in [0, 0.1) is 5.82 Å². The highest BCUT2D eigenvalue weighted by atomic mass is 79.9. The summed E-state index contributed by atoms with van der Waals surface area (Å²) >= 11 is 10.8. The van der Waals surface area contributed by atoms with Gasteiger partial charge in [-0.3, -0.25) is 11.3 Å². The molecule has 96 valence electrons. The number of hydrazine groups is 1. The van der Waals surface area contributed by atoms with Crippen LogP contribution in [0.25, 0.3) is 0 Å². The van der Waals surface area contributed by atoms with Gasteiger partial charge in [-0.1, -0.05) is 23.7 Å². The molecule has 2 rings (SSSR count). The highest BCUT2D eigenvalue weighted by Gasteiger charge is 2.17. The van der Waals surface area contributed by atoms with E-state index in [2.05, 4.69) is 21.4 Å². The van der Waals surface area contributed by atoms with Crippen molar-refractivity contribution in [3.05, 3.63) is 55.4 Å². The molecule has 2 nitrogen and oxygen atoms in total. The van der Waals surface area contributed by atoms with Gasteiger partial charge in [0.2, 0.25) is 0 Å². The second-order valence-electron chi connectivity index (χ2n) is 3.77. The van der Waals surface area contributed by atoms with Crippen LogP contribution in [0.2, 0.25) is 5.02 Å². The summed E-state index contributed by atoms with van der Waals surface area (Å²) in [6.45, 7) is 0. The molecule has 0 radical (unpaired) electrons.